The summed E-state index contributed by atoms with van der Waals surface area (Å²) in [5.74, 6) is 0.780. The van der Waals surface area contributed by atoms with Crippen LogP contribution in [0, 0.1) is 0 Å². The lowest BCUT2D eigenvalue weighted by Crippen LogP contribution is -2.39. The number of aliphatic hydroxyl groups excluding tert-OH is 1. The number of ether oxygens (including phenoxy) is 1. The molecule has 0 aliphatic heterocycles. The molecule has 1 unspecified atom stereocenters. The van der Waals surface area contributed by atoms with Gasteiger partial charge in [0.1, 0.15) is 0 Å². The van der Waals surface area contributed by atoms with Crippen molar-refractivity contribution in [2.75, 3.05) is 19.7 Å². The van der Waals surface area contributed by atoms with Crippen LogP contribution >= 0.6 is 0 Å². The van der Waals surface area contributed by atoms with E-state index in [0.29, 0.717) is 19.7 Å². The first kappa shape index (κ1) is 21.9. The summed E-state index contributed by atoms with van der Waals surface area (Å²) in [4.78, 5) is 4.69. The minimum absolute atomic E-state index is 0.0292. The third kappa shape index (κ3) is 7.71. The molecule has 0 amide bonds. The average molecular weight is 384 g/mol. The van der Waals surface area contributed by atoms with E-state index in [1.54, 1.807) is 0 Å². The Morgan fingerprint density at radius 1 is 1.04 bits per heavy atom. The molecule has 0 aliphatic rings. The van der Waals surface area contributed by atoms with Crippen LogP contribution < -0.4 is 10.6 Å². The van der Waals surface area contributed by atoms with Gasteiger partial charge in [-0.1, -0.05) is 54.6 Å². The lowest BCUT2D eigenvalue weighted by Gasteiger charge is -2.18. The molecule has 0 heterocycles. The molecule has 0 bridgehead atoms. The molecule has 5 nitrogen and oxygen atoms in total. The molecule has 2 aromatic rings. The van der Waals surface area contributed by atoms with Crippen molar-refractivity contribution in [2.45, 2.75) is 45.9 Å². The van der Waals surface area contributed by atoms with Crippen molar-refractivity contribution in [3.8, 4) is 0 Å². The number of aliphatic imine (C=N–C) groups is 1. The zero-order chi connectivity index (χ0) is 20.2. The molecule has 3 N–H and O–H groups in total. The van der Waals surface area contributed by atoms with Gasteiger partial charge in [0.05, 0.1) is 25.9 Å². The number of hydrogen-bond acceptors (Lipinski definition) is 3. The Bertz CT molecular complexity index is 717. The Hall–Kier alpha value is -2.37. The zero-order valence-electron chi connectivity index (χ0n) is 17.2. The second-order valence-corrected chi connectivity index (χ2v) is 7.05. The van der Waals surface area contributed by atoms with Crippen molar-refractivity contribution < 1.29 is 9.84 Å². The molecule has 5 heteroatoms. The number of guanidine groups is 1. The van der Waals surface area contributed by atoms with Crippen molar-refractivity contribution in [1.29, 1.82) is 0 Å². The van der Waals surface area contributed by atoms with Crippen LogP contribution in [0.2, 0.25) is 0 Å². The van der Waals surface area contributed by atoms with Gasteiger partial charge in [-0.3, -0.25) is 0 Å². The van der Waals surface area contributed by atoms with Crippen molar-refractivity contribution in [3.63, 3.8) is 0 Å². The monoisotopic (exact) mass is 383 g/mol. The molecule has 2 aromatic carbocycles. The smallest absolute Gasteiger partial charge is 0.191 e. The summed E-state index contributed by atoms with van der Waals surface area (Å²) >= 11 is 0. The predicted molar refractivity (Wildman–Crippen MR) is 115 cm³/mol. The molecule has 0 saturated heterocycles. The van der Waals surface area contributed by atoms with Crippen molar-refractivity contribution in [3.05, 3.63) is 71.3 Å². The zero-order valence-corrected chi connectivity index (χ0v) is 17.2. The standard InChI is InChI=1S/C23H33N3O2/c1-4-24-23(26-15-22(16-27)21-11-6-5-7-12-21)25-14-19-9-8-10-20(13-19)17-28-18(2)3/h5-13,18,22,27H,4,14-17H2,1-3H3,(H2,24,25,26). The van der Waals surface area contributed by atoms with Crippen LogP contribution in [0.1, 0.15) is 43.4 Å². The lowest BCUT2D eigenvalue weighted by atomic mass is 10.0. The van der Waals surface area contributed by atoms with E-state index in [0.717, 1.165) is 29.2 Å². The second kappa shape index (κ2) is 12.2. The van der Waals surface area contributed by atoms with Crippen LogP contribution in [0.5, 0.6) is 0 Å². The Morgan fingerprint density at radius 3 is 2.46 bits per heavy atom. The van der Waals surface area contributed by atoms with Gasteiger partial charge in [-0.2, -0.15) is 0 Å². The molecule has 2 rings (SSSR count). The number of rotatable bonds is 10. The maximum absolute atomic E-state index is 9.74. The van der Waals surface area contributed by atoms with Crippen LogP contribution in [-0.4, -0.2) is 36.9 Å². The molecular formula is C23H33N3O2. The van der Waals surface area contributed by atoms with Gasteiger partial charge >= 0.3 is 0 Å². The highest BCUT2D eigenvalue weighted by atomic mass is 16.5. The van der Waals surface area contributed by atoms with Crippen molar-refractivity contribution in [2.24, 2.45) is 4.99 Å². The minimum atomic E-state index is 0.0292. The quantitative estimate of drug-likeness (QED) is 0.434. The molecule has 0 saturated carbocycles. The first-order valence-electron chi connectivity index (χ1n) is 9.99. The fraction of sp³-hybridized carbons (Fsp3) is 0.435. The van der Waals surface area contributed by atoms with Crippen LogP contribution in [0.4, 0.5) is 0 Å². The van der Waals surface area contributed by atoms with E-state index >= 15 is 0 Å². The third-order valence-corrected chi connectivity index (χ3v) is 4.35. The van der Waals surface area contributed by atoms with Gasteiger partial charge in [0.15, 0.2) is 5.96 Å². The predicted octanol–water partition coefficient (Wildman–Crippen LogP) is 3.44. The molecule has 0 fully saturated rings. The summed E-state index contributed by atoms with van der Waals surface area (Å²) < 4.78 is 5.68. The van der Waals surface area contributed by atoms with Gasteiger partial charge in [-0.15, -0.1) is 0 Å². The molecule has 0 aliphatic carbocycles. The van der Waals surface area contributed by atoms with Crippen molar-refractivity contribution >= 4 is 5.96 Å². The van der Waals surface area contributed by atoms with E-state index in [-0.39, 0.29) is 18.6 Å². The van der Waals surface area contributed by atoms with E-state index in [2.05, 4.69) is 28.8 Å². The lowest BCUT2D eigenvalue weighted by molar-refractivity contribution is 0.0657. The number of nitrogens with one attached hydrogen (secondary N) is 2. The van der Waals surface area contributed by atoms with E-state index in [1.807, 2.05) is 57.2 Å². The topological polar surface area (TPSA) is 65.9 Å². The Morgan fingerprint density at radius 2 is 1.79 bits per heavy atom. The Kier molecular flexibility index (Phi) is 9.52. The summed E-state index contributed by atoms with van der Waals surface area (Å²) in [5, 5.41) is 16.4. The van der Waals surface area contributed by atoms with Crippen LogP contribution in [0.3, 0.4) is 0 Å². The maximum atomic E-state index is 9.74. The summed E-state index contributed by atoms with van der Waals surface area (Å²) in [6, 6.07) is 18.4. The molecule has 0 spiro atoms. The summed E-state index contributed by atoms with van der Waals surface area (Å²) in [5.41, 5.74) is 3.42. The first-order chi connectivity index (χ1) is 13.6. The van der Waals surface area contributed by atoms with E-state index < -0.39 is 0 Å². The Balaban J connectivity index is 1.97. The van der Waals surface area contributed by atoms with E-state index in [9.17, 15) is 5.11 Å². The summed E-state index contributed by atoms with van der Waals surface area (Å²) in [6.07, 6.45) is 0.218. The fourth-order valence-electron chi connectivity index (χ4n) is 2.83. The minimum Gasteiger partial charge on any atom is -0.396 e. The van der Waals surface area contributed by atoms with Gasteiger partial charge < -0.3 is 20.5 Å². The summed E-state index contributed by atoms with van der Waals surface area (Å²) in [6.45, 7) is 8.81. The van der Waals surface area contributed by atoms with Gasteiger partial charge in [0.25, 0.3) is 0 Å². The van der Waals surface area contributed by atoms with Crippen molar-refractivity contribution in [1.82, 2.24) is 10.6 Å². The van der Waals surface area contributed by atoms with Gasteiger partial charge in [-0.05, 0) is 37.5 Å². The maximum Gasteiger partial charge on any atom is 0.191 e. The van der Waals surface area contributed by atoms with Gasteiger partial charge in [0, 0.05) is 19.0 Å². The summed E-state index contributed by atoms with van der Waals surface area (Å²) in [7, 11) is 0. The van der Waals surface area contributed by atoms with Crippen LogP contribution in [-0.2, 0) is 17.9 Å². The van der Waals surface area contributed by atoms with Crippen LogP contribution in [0.15, 0.2) is 59.6 Å². The van der Waals surface area contributed by atoms with Gasteiger partial charge in [-0.25, -0.2) is 4.99 Å². The molecule has 1 atom stereocenters. The molecular weight excluding hydrogens is 350 g/mol. The highest BCUT2D eigenvalue weighted by Gasteiger charge is 2.10. The molecule has 0 radical (unpaired) electrons. The number of aliphatic hydroxyl groups is 1. The average Bonchev–Trinajstić information content (AvgIpc) is 2.72. The highest BCUT2D eigenvalue weighted by Crippen LogP contribution is 2.13. The largest absolute Gasteiger partial charge is 0.396 e. The molecule has 28 heavy (non-hydrogen) atoms. The SMILES string of the molecule is CCNC(=NCc1cccc(COC(C)C)c1)NCC(CO)c1ccccc1. The van der Waals surface area contributed by atoms with E-state index in [1.165, 1.54) is 0 Å². The molecule has 0 aromatic heterocycles. The molecule has 152 valence electrons. The second-order valence-electron chi connectivity index (χ2n) is 7.05. The number of hydrogen-bond donors (Lipinski definition) is 3. The third-order valence-electron chi connectivity index (χ3n) is 4.35. The van der Waals surface area contributed by atoms with Crippen LogP contribution in [0.25, 0.3) is 0 Å². The fourth-order valence-corrected chi connectivity index (χ4v) is 2.83. The van der Waals surface area contributed by atoms with E-state index in [4.69, 9.17) is 9.73 Å². The first-order valence-corrected chi connectivity index (χ1v) is 9.99. The number of benzene rings is 2. The van der Waals surface area contributed by atoms with Gasteiger partial charge in [0.2, 0.25) is 0 Å². The normalized spacial score (nSPS) is 12.8. The Labute approximate surface area is 168 Å². The highest BCUT2D eigenvalue weighted by molar-refractivity contribution is 5.79. The number of nitrogens with zero attached hydrogens (tertiary/aromatic N) is 1.